The highest BCUT2D eigenvalue weighted by Gasteiger charge is 2.04. The van der Waals surface area contributed by atoms with E-state index in [2.05, 4.69) is 9.44 Å². The van der Waals surface area contributed by atoms with Gasteiger partial charge in [0.25, 0.3) is 0 Å². The normalized spacial score (nSPS) is 11.9. The standard InChI is InChI=1S/C11H12N2O3S/c1-17(14,15)16-13-11(9-12)8-7-10-5-3-2-4-6-10/h2-6H,7-8H2,1H3/b13-11-. The first-order chi connectivity index (χ1) is 8.01. The molecule has 0 saturated carbocycles. The number of nitriles is 1. The van der Waals surface area contributed by atoms with E-state index in [1.54, 1.807) is 6.07 Å². The van der Waals surface area contributed by atoms with Gasteiger partial charge in [0.05, 0.1) is 6.26 Å². The molecule has 0 unspecified atom stereocenters. The predicted octanol–water partition coefficient (Wildman–Crippen LogP) is 1.47. The minimum Gasteiger partial charge on any atom is -0.268 e. The summed E-state index contributed by atoms with van der Waals surface area (Å²) in [6.45, 7) is 0. The average molecular weight is 252 g/mol. The first-order valence-corrected chi connectivity index (χ1v) is 6.72. The molecule has 0 atom stereocenters. The molecule has 17 heavy (non-hydrogen) atoms. The molecule has 0 fully saturated rings. The second-order valence-electron chi connectivity index (χ2n) is 3.41. The maximum atomic E-state index is 10.7. The average Bonchev–Trinajstić information content (AvgIpc) is 2.29. The maximum absolute atomic E-state index is 10.7. The van der Waals surface area contributed by atoms with E-state index in [-0.39, 0.29) is 5.71 Å². The highest BCUT2D eigenvalue weighted by atomic mass is 32.2. The Balaban J connectivity index is 2.58. The molecule has 1 aromatic rings. The van der Waals surface area contributed by atoms with E-state index >= 15 is 0 Å². The smallest absolute Gasteiger partial charge is 0.268 e. The Kier molecular flexibility index (Phi) is 4.67. The summed E-state index contributed by atoms with van der Waals surface area (Å²) >= 11 is 0. The minimum atomic E-state index is -3.65. The van der Waals surface area contributed by atoms with Crippen molar-refractivity contribution in [2.45, 2.75) is 12.8 Å². The van der Waals surface area contributed by atoms with Crippen LogP contribution in [0.25, 0.3) is 0 Å². The zero-order valence-electron chi connectivity index (χ0n) is 9.33. The Labute approximate surface area is 100 Å². The lowest BCUT2D eigenvalue weighted by molar-refractivity contribution is 0.342. The molecule has 0 aromatic heterocycles. The van der Waals surface area contributed by atoms with Gasteiger partial charge in [-0.3, -0.25) is 4.28 Å². The van der Waals surface area contributed by atoms with Crippen molar-refractivity contribution < 1.29 is 12.7 Å². The Morgan fingerprint density at radius 1 is 1.41 bits per heavy atom. The summed E-state index contributed by atoms with van der Waals surface area (Å²) in [4.78, 5) is 0. The highest BCUT2D eigenvalue weighted by molar-refractivity contribution is 7.85. The molecule has 0 aliphatic rings. The molecule has 6 heteroatoms. The number of hydrogen-bond donors (Lipinski definition) is 0. The monoisotopic (exact) mass is 252 g/mol. The van der Waals surface area contributed by atoms with Crippen LogP contribution >= 0.6 is 0 Å². The Morgan fingerprint density at radius 2 is 2.06 bits per heavy atom. The van der Waals surface area contributed by atoms with E-state index in [0.29, 0.717) is 12.8 Å². The molecular formula is C11H12N2O3S. The van der Waals surface area contributed by atoms with Crippen LogP contribution in [0.4, 0.5) is 0 Å². The lowest BCUT2D eigenvalue weighted by Gasteiger charge is -1.99. The van der Waals surface area contributed by atoms with Gasteiger partial charge < -0.3 is 0 Å². The highest BCUT2D eigenvalue weighted by Crippen LogP contribution is 2.04. The number of oxime groups is 1. The fourth-order valence-electron chi connectivity index (χ4n) is 1.14. The minimum absolute atomic E-state index is 0.0549. The van der Waals surface area contributed by atoms with E-state index in [1.807, 2.05) is 30.3 Å². The Hall–Kier alpha value is -1.87. The molecule has 0 spiro atoms. The maximum Gasteiger partial charge on any atom is 0.325 e. The van der Waals surface area contributed by atoms with Crippen molar-refractivity contribution in [1.82, 2.24) is 0 Å². The van der Waals surface area contributed by atoms with E-state index in [9.17, 15) is 8.42 Å². The number of aryl methyl sites for hydroxylation is 1. The van der Waals surface area contributed by atoms with E-state index < -0.39 is 10.1 Å². The van der Waals surface area contributed by atoms with Crippen LogP contribution in [0.5, 0.6) is 0 Å². The van der Waals surface area contributed by atoms with Crippen LogP contribution in [-0.4, -0.2) is 20.4 Å². The molecule has 0 heterocycles. The molecule has 5 nitrogen and oxygen atoms in total. The second-order valence-corrected chi connectivity index (χ2v) is 4.97. The zero-order valence-corrected chi connectivity index (χ0v) is 10.1. The summed E-state index contributed by atoms with van der Waals surface area (Å²) < 4.78 is 25.6. The fraction of sp³-hybridized carbons (Fsp3) is 0.273. The largest absolute Gasteiger partial charge is 0.325 e. The fourth-order valence-corrected chi connectivity index (χ4v) is 1.37. The zero-order chi connectivity index (χ0) is 12.7. The van der Waals surface area contributed by atoms with Gasteiger partial charge in [-0.15, -0.1) is 0 Å². The second kappa shape index (κ2) is 6.01. The van der Waals surface area contributed by atoms with Crippen LogP contribution in [0, 0.1) is 11.3 Å². The topological polar surface area (TPSA) is 79.5 Å². The summed E-state index contributed by atoms with van der Waals surface area (Å²) in [5.74, 6) is 0. The quantitative estimate of drug-likeness (QED) is 0.587. The van der Waals surface area contributed by atoms with Crippen LogP contribution in [0.1, 0.15) is 12.0 Å². The molecule has 0 saturated heterocycles. The number of hydrogen-bond acceptors (Lipinski definition) is 5. The molecule has 1 rings (SSSR count). The van der Waals surface area contributed by atoms with Gasteiger partial charge in [0.1, 0.15) is 6.07 Å². The van der Waals surface area contributed by atoms with E-state index in [4.69, 9.17) is 5.26 Å². The third kappa shape index (κ3) is 5.68. The third-order valence-corrected chi connectivity index (χ3v) is 2.25. The molecule has 0 radical (unpaired) electrons. The summed E-state index contributed by atoms with van der Waals surface area (Å²) in [7, 11) is -3.65. The molecule has 0 N–H and O–H groups in total. The summed E-state index contributed by atoms with van der Waals surface area (Å²) in [6, 6.07) is 11.3. The van der Waals surface area contributed by atoms with Crippen LogP contribution < -0.4 is 0 Å². The number of benzene rings is 1. The third-order valence-electron chi connectivity index (χ3n) is 1.91. The molecule has 0 bridgehead atoms. The van der Waals surface area contributed by atoms with Gasteiger partial charge in [0, 0.05) is 6.42 Å². The molecule has 0 aliphatic carbocycles. The van der Waals surface area contributed by atoms with Crippen LogP contribution in [0.2, 0.25) is 0 Å². The van der Waals surface area contributed by atoms with Crippen molar-refractivity contribution in [2.75, 3.05) is 6.26 Å². The lowest BCUT2D eigenvalue weighted by Crippen LogP contribution is -2.03. The van der Waals surface area contributed by atoms with Gasteiger partial charge in [-0.2, -0.15) is 13.7 Å². The van der Waals surface area contributed by atoms with Crippen molar-refractivity contribution in [1.29, 1.82) is 5.26 Å². The Morgan fingerprint density at radius 3 is 2.59 bits per heavy atom. The van der Waals surface area contributed by atoms with Gasteiger partial charge in [0.15, 0.2) is 5.71 Å². The number of nitrogens with zero attached hydrogens (tertiary/aromatic N) is 2. The summed E-state index contributed by atoms with van der Waals surface area (Å²) in [5.41, 5.74) is 1.11. The van der Waals surface area contributed by atoms with Gasteiger partial charge in [-0.05, 0) is 12.0 Å². The van der Waals surface area contributed by atoms with Crippen molar-refractivity contribution in [3.05, 3.63) is 35.9 Å². The van der Waals surface area contributed by atoms with Crippen molar-refractivity contribution in [3.63, 3.8) is 0 Å². The first kappa shape index (κ1) is 13.2. The number of rotatable bonds is 5. The summed E-state index contributed by atoms with van der Waals surface area (Å²) in [6.07, 6.45) is 1.83. The molecular weight excluding hydrogens is 240 g/mol. The Bertz CT molecular complexity index is 530. The van der Waals surface area contributed by atoms with E-state index in [1.165, 1.54) is 0 Å². The summed E-state index contributed by atoms with van der Waals surface area (Å²) in [5, 5.41) is 12.0. The van der Waals surface area contributed by atoms with Crippen LogP contribution in [-0.2, 0) is 20.8 Å². The van der Waals surface area contributed by atoms with Crippen LogP contribution in [0.15, 0.2) is 35.5 Å². The van der Waals surface area contributed by atoms with Gasteiger partial charge in [-0.1, -0.05) is 35.5 Å². The first-order valence-electron chi connectivity index (χ1n) is 4.91. The molecule has 1 aromatic carbocycles. The van der Waals surface area contributed by atoms with Gasteiger partial charge in [0.2, 0.25) is 0 Å². The molecule has 0 amide bonds. The molecule has 0 aliphatic heterocycles. The van der Waals surface area contributed by atoms with Crippen molar-refractivity contribution in [3.8, 4) is 6.07 Å². The van der Waals surface area contributed by atoms with Gasteiger partial charge in [-0.25, -0.2) is 0 Å². The van der Waals surface area contributed by atoms with E-state index in [0.717, 1.165) is 11.8 Å². The van der Waals surface area contributed by atoms with Gasteiger partial charge >= 0.3 is 10.1 Å². The SMILES string of the molecule is CS(=O)(=O)O/N=C(\C#N)CCc1ccccc1. The van der Waals surface area contributed by atoms with Crippen molar-refractivity contribution in [2.24, 2.45) is 5.16 Å². The molecule has 90 valence electrons. The van der Waals surface area contributed by atoms with Crippen LogP contribution in [0.3, 0.4) is 0 Å². The predicted molar refractivity (Wildman–Crippen MR) is 63.7 cm³/mol. The lowest BCUT2D eigenvalue weighted by atomic mass is 10.1. The van der Waals surface area contributed by atoms with Crippen molar-refractivity contribution >= 4 is 15.8 Å².